The fraction of sp³-hybridized carbons (Fsp3) is 0.250. The molecule has 0 bridgehead atoms. The van der Waals surface area contributed by atoms with Gasteiger partial charge in [-0.05, 0) is 50.2 Å². The molecule has 6 nitrogen and oxygen atoms in total. The minimum Gasteiger partial charge on any atom is -0.497 e. The maximum atomic E-state index is 12.2. The standard InChI is InChI=1S/C20H21NO5S/c1-13(22)15-5-4-6-16(11-15)21-20(24)14(2)26-19(23)12-27-18-9-7-17(25-3)8-10-18/h4-11,14H,12H2,1-3H3,(H,21,24)/t14-/m0/s1. The van der Waals surface area contributed by atoms with E-state index in [-0.39, 0.29) is 11.5 Å². The van der Waals surface area contributed by atoms with Crippen molar-refractivity contribution in [3.63, 3.8) is 0 Å². The van der Waals surface area contributed by atoms with Crippen molar-refractivity contribution in [3.05, 3.63) is 54.1 Å². The number of hydrogen-bond acceptors (Lipinski definition) is 6. The van der Waals surface area contributed by atoms with Gasteiger partial charge in [-0.25, -0.2) is 0 Å². The van der Waals surface area contributed by atoms with Gasteiger partial charge in [-0.15, -0.1) is 11.8 Å². The van der Waals surface area contributed by atoms with Gasteiger partial charge in [-0.2, -0.15) is 0 Å². The summed E-state index contributed by atoms with van der Waals surface area (Å²) in [6.45, 7) is 2.95. The Hall–Kier alpha value is -2.80. The van der Waals surface area contributed by atoms with E-state index in [1.54, 1.807) is 43.5 Å². The molecule has 0 heterocycles. The molecule has 0 aromatic heterocycles. The topological polar surface area (TPSA) is 81.7 Å². The number of carbonyl (C=O) groups is 3. The number of benzene rings is 2. The number of hydrogen-bond donors (Lipinski definition) is 1. The quantitative estimate of drug-likeness (QED) is 0.424. The molecule has 0 radical (unpaired) electrons. The van der Waals surface area contributed by atoms with E-state index >= 15 is 0 Å². The average molecular weight is 387 g/mol. The van der Waals surface area contributed by atoms with Gasteiger partial charge < -0.3 is 14.8 Å². The van der Waals surface area contributed by atoms with Gasteiger partial charge in [0.05, 0.1) is 12.9 Å². The van der Waals surface area contributed by atoms with Crippen LogP contribution in [0.3, 0.4) is 0 Å². The SMILES string of the molecule is COc1ccc(SCC(=O)O[C@@H](C)C(=O)Nc2cccc(C(C)=O)c2)cc1. The zero-order valence-electron chi connectivity index (χ0n) is 15.4. The van der Waals surface area contributed by atoms with Crippen LogP contribution in [-0.2, 0) is 14.3 Å². The van der Waals surface area contributed by atoms with Gasteiger partial charge in [0.1, 0.15) is 5.75 Å². The van der Waals surface area contributed by atoms with E-state index in [1.807, 2.05) is 12.1 Å². The van der Waals surface area contributed by atoms with Crippen molar-refractivity contribution < 1.29 is 23.9 Å². The lowest BCUT2D eigenvalue weighted by Crippen LogP contribution is -2.30. The number of rotatable bonds is 8. The van der Waals surface area contributed by atoms with Crippen LogP contribution in [0.4, 0.5) is 5.69 Å². The van der Waals surface area contributed by atoms with Gasteiger partial charge in [0.15, 0.2) is 11.9 Å². The predicted octanol–water partition coefficient (Wildman–Crippen LogP) is 3.56. The molecule has 142 valence electrons. The maximum absolute atomic E-state index is 12.2. The number of nitrogens with one attached hydrogen (secondary N) is 1. The third kappa shape index (κ3) is 6.45. The molecule has 7 heteroatoms. The Bertz CT molecular complexity index is 819. The van der Waals surface area contributed by atoms with Gasteiger partial charge in [0.25, 0.3) is 5.91 Å². The maximum Gasteiger partial charge on any atom is 0.317 e. The van der Waals surface area contributed by atoms with Crippen molar-refractivity contribution in [3.8, 4) is 5.75 Å². The summed E-state index contributed by atoms with van der Waals surface area (Å²) < 4.78 is 10.2. The van der Waals surface area contributed by atoms with E-state index in [0.29, 0.717) is 11.3 Å². The lowest BCUT2D eigenvalue weighted by Gasteiger charge is -2.14. The van der Waals surface area contributed by atoms with Crippen molar-refractivity contribution in [2.24, 2.45) is 0 Å². The molecule has 0 saturated carbocycles. The molecular weight excluding hydrogens is 366 g/mol. The van der Waals surface area contributed by atoms with Crippen LogP contribution in [0.15, 0.2) is 53.4 Å². The van der Waals surface area contributed by atoms with Crippen LogP contribution in [0.25, 0.3) is 0 Å². The summed E-state index contributed by atoms with van der Waals surface area (Å²) in [4.78, 5) is 36.4. The van der Waals surface area contributed by atoms with E-state index in [4.69, 9.17) is 9.47 Å². The largest absolute Gasteiger partial charge is 0.497 e. The minimum absolute atomic E-state index is 0.0871. The van der Waals surface area contributed by atoms with Crippen LogP contribution in [0.5, 0.6) is 5.75 Å². The van der Waals surface area contributed by atoms with Gasteiger partial charge >= 0.3 is 5.97 Å². The summed E-state index contributed by atoms with van der Waals surface area (Å²) in [7, 11) is 1.59. The number of anilines is 1. The van der Waals surface area contributed by atoms with E-state index in [2.05, 4.69) is 5.32 Å². The third-order valence-electron chi connectivity index (χ3n) is 3.63. The van der Waals surface area contributed by atoms with Crippen molar-refractivity contribution in [1.29, 1.82) is 0 Å². The Balaban J connectivity index is 1.83. The predicted molar refractivity (Wildman–Crippen MR) is 104 cm³/mol. The highest BCUT2D eigenvalue weighted by Gasteiger charge is 2.18. The Morgan fingerprint density at radius 2 is 1.81 bits per heavy atom. The summed E-state index contributed by atoms with van der Waals surface area (Å²) >= 11 is 1.31. The molecule has 2 rings (SSSR count). The molecular formula is C20H21NO5S. The molecule has 1 amide bonds. The molecule has 1 atom stereocenters. The summed E-state index contributed by atoms with van der Waals surface area (Å²) in [5, 5.41) is 2.64. The normalized spacial score (nSPS) is 11.4. The lowest BCUT2D eigenvalue weighted by molar-refractivity contribution is -0.150. The van der Waals surface area contributed by atoms with Gasteiger partial charge in [0.2, 0.25) is 0 Å². The van der Waals surface area contributed by atoms with E-state index in [9.17, 15) is 14.4 Å². The number of carbonyl (C=O) groups excluding carboxylic acids is 3. The fourth-order valence-electron chi connectivity index (χ4n) is 2.16. The van der Waals surface area contributed by atoms with Gasteiger partial charge in [0, 0.05) is 16.1 Å². The highest BCUT2D eigenvalue weighted by atomic mass is 32.2. The van der Waals surface area contributed by atoms with Crippen LogP contribution in [0, 0.1) is 0 Å². The Morgan fingerprint density at radius 3 is 2.44 bits per heavy atom. The minimum atomic E-state index is -0.949. The number of thioether (sulfide) groups is 1. The molecule has 27 heavy (non-hydrogen) atoms. The monoisotopic (exact) mass is 387 g/mol. The Morgan fingerprint density at radius 1 is 1.11 bits per heavy atom. The first-order chi connectivity index (χ1) is 12.9. The number of Topliss-reactive ketones (excluding diaryl/α,β-unsaturated/α-hetero) is 1. The summed E-state index contributed by atoms with van der Waals surface area (Å²) in [5.74, 6) is -0.222. The van der Waals surface area contributed by atoms with Crippen molar-refractivity contribution in [2.75, 3.05) is 18.2 Å². The van der Waals surface area contributed by atoms with Gasteiger partial charge in [-0.1, -0.05) is 12.1 Å². The number of esters is 1. The van der Waals surface area contributed by atoms with Crippen LogP contribution in [-0.4, -0.2) is 36.6 Å². The molecule has 1 N–H and O–H groups in total. The number of ether oxygens (including phenoxy) is 2. The zero-order valence-corrected chi connectivity index (χ0v) is 16.2. The first kappa shape index (κ1) is 20.5. The van der Waals surface area contributed by atoms with E-state index in [0.717, 1.165) is 10.6 Å². The second kappa shape index (κ2) is 9.78. The van der Waals surface area contributed by atoms with E-state index < -0.39 is 18.0 Å². The molecule has 0 aliphatic rings. The van der Waals surface area contributed by atoms with Crippen LogP contribution in [0.1, 0.15) is 24.2 Å². The summed E-state index contributed by atoms with van der Waals surface area (Å²) in [6, 6.07) is 13.9. The van der Waals surface area contributed by atoms with Crippen LogP contribution < -0.4 is 10.1 Å². The average Bonchev–Trinajstić information content (AvgIpc) is 2.66. The summed E-state index contributed by atoms with van der Waals surface area (Å²) in [6.07, 6.45) is -0.949. The first-order valence-corrected chi connectivity index (χ1v) is 9.26. The molecule has 0 aliphatic heterocycles. The molecule has 0 fully saturated rings. The van der Waals surface area contributed by atoms with Crippen molar-refractivity contribution in [2.45, 2.75) is 24.8 Å². The zero-order chi connectivity index (χ0) is 19.8. The van der Waals surface area contributed by atoms with Crippen molar-refractivity contribution >= 4 is 35.1 Å². The molecule has 0 unspecified atom stereocenters. The highest BCUT2D eigenvalue weighted by molar-refractivity contribution is 8.00. The Kier molecular flexibility index (Phi) is 7.43. The molecule has 0 saturated heterocycles. The van der Waals surface area contributed by atoms with E-state index in [1.165, 1.54) is 25.6 Å². The Labute approximate surface area is 162 Å². The molecule has 2 aromatic carbocycles. The third-order valence-corrected chi connectivity index (χ3v) is 4.62. The fourth-order valence-corrected chi connectivity index (χ4v) is 2.84. The molecule has 2 aromatic rings. The highest BCUT2D eigenvalue weighted by Crippen LogP contribution is 2.21. The van der Waals surface area contributed by atoms with Crippen LogP contribution >= 0.6 is 11.8 Å². The smallest absolute Gasteiger partial charge is 0.317 e. The second-order valence-electron chi connectivity index (χ2n) is 5.72. The first-order valence-electron chi connectivity index (χ1n) is 8.27. The molecule has 0 aliphatic carbocycles. The number of amides is 1. The lowest BCUT2D eigenvalue weighted by atomic mass is 10.1. The number of methoxy groups -OCH3 is 1. The number of ketones is 1. The molecule has 0 spiro atoms. The second-order valence-corrected chi connectivity index (χ2v) is 6.77. The van der Waals surface area contributed by atoms with Crippen molar-refractivity contribution in [1.82, 2.24) is 0 Å². The summed E-state index contributed by atoms with van der Waals surface area (Å²) in [5.41, 5.74) is 0.969. The van der Waals surface area contributed by atoms with Gasteiger partial charge in [-0.3, -0.25) is 14.4 Å². The van der Waals surface area contributed by atoms with Crippen LogP contribution in [0.2, 0.25) is 0 Å².